The fraction of sp³-hybridized carbons (Fsp3) is 0.294. The Labute approximate surface area is 139 Å². The number of anilines is 1. The van der Waals surface area contributed by atoms with Crippen LogP contribution in [0.25, 0.3) is 5.65 Å². The second-order valence-electron chi connectivity index (χ2n) is 5.88. The van der Waals surface area contributed by atoms with Crippen molar-refractivity contribution in [1.29, 1.82) is 0 Å². The van der Waals surface area contributed by atoms with Crippen molar-refractivity contribution in [3.8, 4) is 0 Å². The van der Waals surface area contributed by atoms with Crippen molar-refractivity contribution in [3.63, 3.8) is 0 Å². The number of amides is 1. The molecule has 0 unspecified atom stereocenters. The van der Waals surface area contributed by atoms with Gasteiger partial charge < -0.3 is 9.80 Å². The lowest BCUT2D eigenvalue weighted by Crippen LogP contribution is -2.49. The second-order valence-corrected chi connectivity index (χ2v) is 5.88. The van der Waals surface area contributed by atoms with E-state index in [4.69, 9.17) is 0 Å². The number of piperazine rings is 1. The van der Waals surface area contributed by atoms with Gasteiger partial charge in [0.25, 0.3) is 0 Å². The van der Waals surface area contributed by atoms with Gasteiger partial charge in [0.05, 0.1) is 18.3 Å². The summed E-state index contributed by atoms with van der Waals surface area (Å²) in [7, 11) is 0. The molecule has 3 heterocycles. The van der Waals surface area contributed by atoms with E-state index in [0.29, 0.717) is 6.42 Å². The minimum atomic E-state index is 0.187. The minimum Gasteiger partial charge on any atom is -0.367 e. The van der Waals surface area contributed by atoms with Gasteiger partial charge in [-0.25, -0.2) is 4.52 Å². The fourth-order valence-electron chi connectivity index (χ4n) is 2.98. The number of benzene rings is 1. The first-order valence-corrected chi connectivity index (χ1v) is 8.02. The molecule has 0 radical (unpaired) electrons. The van der Waals surface area contributed by atoms with E-state index in [9.17, 15) is 4.79 Å². The van der Waals surface area contributed by atoms with Crippen molar-refractivity contribution in [1.82, 2.24) is 24.7 Å². The van der Waals surface area contributed by atoms with Gasteiger partial charge in [-0.2, -0.15) is 5.10 Å². The SMILES string of the molecule is O=C(Cc1ccccc1)N1CCN(c2cnn3cnnc3c2)CC1. The quantitative estimate of drug-likeness (QED) is 0.720. The average molecular weight is 322 g/mol. The highest BCUT2D eigenvalue weighted by Crippen LogP contribution is 2.17. The van der Waals surface area contributed by atoms with Crippen LogP contribution in [0.3, 0.4) is 0 Å². The number of rotatable bonds is 3. The average Bonchev–Trinajstić information content (AvgIpc) is 3.10. The van der Waals surface area contributed by atoms with Crippen molar-refractivity contribution in [3.05, 3.63) is 54.5 Å². The Balaban J connectivity index is 1.38. The molecule has 24 heavy (non-hydrogen) atoms. The summed E-state index contributed by atoms with van der Waals surface area (Å²) in [6.45, 7) is 3.05. The van der Waals surface area contributed by atoms with Gasteiger partial charge in [0.15, 0.2) is 5.65 Å². The molecule has 3 aromatic rings. The highest BCUT2D eigenvalue weighted by molar-refractivity contribution is 5.79. The smallest absolute Gasteiger partial charge is 0.227 e. The predicted molar refractivity (Wildman–Crippen MR) is 89.7 cm³/mol. The highest BCUT2D eigenvalue weighted by atomic mass is 16.2. The van der Waals surface area contributed by atoms with Gasteiger partial charge in [0.1, 0.15) is 6.33 Å². The van der Waals surface area contributed by atoms with E-state index >= 15 is 0 Å². The summed E-state index contributed by atoms with van der Waals surface area (Å²) in [6.07, 6.45) is 3.87. The minimum absolute atomic E-state index is 0.187. The molecule has 122 valence electrons. The standard InChI is InChI=1S/C17H18N6O/c24-17(10-14-4-2-1-3-5-14)22-8-6-21(7-9-22)15-11-16-20-18-13-23(16)19-12-15/h1-5,11-13H,6-10H2. The van der Waals surface area contributed by atoms with E-state index in [1.54, 1.807) is 10.8 Å². The monoisotopic (exact) mass is 322 g/mol. The molecule has 1 aliphatic heterocycles. The van der Waals surface area contributed by atoms with Crippen LogP contribution in [-0.2, 0) is 11.2 Å². The van der Waals surface area contributed by atoms with Gasteiger partial charge in [0, 0.05) is 32.2 Å². The van der Waals surface area contributed by atoms with Gasteiger partial charge in [-0.05, 0) is 5.56 Å². The highest BCUT2D eigenvalue weighted by Gasteiger charge is 2.21. The third-order valence-electron chi connectivity index (χ3n) is 4.34. The molecule has 0 N–H and O–H groups in total. The van der Waals surface area contributed by atoms with Crippen molar-refractivity contribution < 1.29 is 4.79 Å². The van der Waals surface area contributed by atoms with Crippen LogP contribution in [0.4, 0.5) is 5.69 Å². The zero-order chi connectivity index (χ0) is 16.4. The Kier molecular flexibility index (Phi) is 3.82. The topological polar surface area (TPSA) is 66.6 Å². The molecule has 2 aromatic heterocycles. The summed E-state index contributed by atoms with van der Waals surface area (Å²) in [5.74, 6) is 0.187. The van der Waals surface area contributed by atoms with Gasteiger partial charge >= 0.3 is 0 Å². The molecular weight excluding hydrogens is 304 g/mol. The molecule has 4 rings (SSSR count). The Morgan fingerprint density at radius 1 is 1.08 bits per heavy atom. The molecule has 7 heteroatoms. The molecule has 1 aliphatic rings. The van der Waals surface area contributed by atoms with E-state index in [2.05, 4.69) is 20.2 Å². The zero-order valence-electron chi connectivity index (χ0n) is 13.2. The molecule has 0 spiro atoms. The number of fused-ring (bicyclic) bond motifs is 1. The fourth-order valence-corrected chi connectivity index (χ4v) is 2.98. The summed E-state index contributed by atoms with van der Waals surface area (Å²) in [6, 6.07) is 11.9. The first kappa shape index (κ1) is 14.6. The van der Waals surface area contributed by atoms with Crippen LogP contribution in [0, 0.1) is 0 Å². The summed E-state index contributed by atoms with van der Waals surface area (Å²) in [4.78, 5) is 16.6. The van der Waals surface area contributed by atoms with Crippen LogP contribution in [0.15, 0.2) is 48.9 Å². The lowest BCUT2D eigenvalue weighted by Gasteiger charge is -2.36. The van der Waals surface area contributed by atoms with Crippen LogP contribution in [0.5, 0.6) is 0 Å². The van der Waals surface area contributed by atoms with Gasteiger partial charge in [-0.3, -0.25) is 4.79 Å². The molecule has 0 atom stereocenters. The van der Waals surface area contributed by atoms with Crippen molar-refractivity contribution >= 4 is 17.2 Å². The van der Waals surface area contributed by atoms with E-state index in [1.165, 1.54) is 0 Å². The third kappa shape index (κ3) is 2.92. The van der Waals surface area contributed by atoms with Crippen LogP contribution in [-0.4, -0.2) is 56.8 Å². The number of hydrogen-bond acceptors (Lipinski definition) is 5. The summed E-state index contributed by atoms with van der Waals surface area (Å²) in [5, 5.41) is 12.2. The van der Waals surface area contributed by atoms with Gasteiger partial charge in [-0.15, -0.1) is 10.2 Å². The van der Waals surface area contributed by atoms with Crippen molar-refractivity contribution in [2.75, 3.05) is 31.1 Å². The summed E-state index contributed by atoms with van der Waals surface area (Å²) < 4.78 is 1.64. The Hall–Kier alpha value is -2.96. The predicted octanol–water partition coefficient (Wildman–Crippen LogP) is 1.02. The first-order valence-electron chi connectivity index (χ1n) is 8.02. The second kappa shape index (κ2) is 6.27. The molecular formula is C17H18N6O. The van der Waals surface area contributed by atoms with Crippen molar-refractivity contribution in [2.45, 2.75) is 6.42 Å². The molecule has 1 amide bonds. The van der Waals surface area contributed by atoms with E-state index in [1.807, 2.05) is 47.5 Å². The third-order valence-corrected chi connectivity index (χ3v) is 4.34. The Morgan fingerprint density at radius 2 is 1.88 bits per heavy atom. The van der Waals surface area contributed by atoms with Crippen LogP contribution in [0.2, 0.25) is 0 Å². The van der Waals surface area contributed by atoms with Crippen LogP contribution in [0.1, 0.15) is 5.56 Å². The largest absolute Gasteiger partial charge is 0.367 e. The number of nitrogens with zero attached hydrogens (tertiary/aromatic N) is 6. The zero-order valence-corrected chi connectivity index (χ0v) is 13.2. The Morgan fingerprint density at radius 3 is 2.67 bits per heavy atom. The van der Waals surface area contributed by atoms with Gasteiger partial charge in [0.2, 0.25) is 5.91 Å². The van der Waals surface area contributed by atoms with E-state index in [-0.39, 0.29) is 5.91 Å². The maximum absolute atomic E-state index is 12.4. The lowest BCUT2D eigenvalue weighted by atomic mass is 10.1. The van der Waals surface area contributed by atoms with Gasteiger partial charge in [-0.1, -0.05) is 30.3 Å². The number of aromatic nitrogens is 4. The molecule has 1 fully saturated rings. The normalized spacial score (nSPS) is 15.0. The number of hydrogen-bond donors (Lipinski definition) is 0. The molecule has 7 nitrogen and oxygen atoms in total. The maximum Gasteiger partial charge on any atom is 0.227 e. The molecule has 1 saturated heterocycles. The van der Waals surface area contributed by atoms with Crippen LogP contribution < -0.4 is 4.90 Å². The van der Waals surface area contributed by atoms with Crippen LogP contribution >= 0.6 is 0 Å². The molecule has 0 saturated carbocycles. The number of carbonyl (C=O) groups is 1. The molecule has 0 aliphatic carbocycles. The first-order chi connectivity index (χ1) is 11.8. The molecule has 1 aromatic carbocycles. The Bertz CT molecular complexity index is 838. The lowest BCUT2D eigenvalue weighted by molar-refractivity contribution is -0.130. The van der Waals surface area contributed by atoms with E-state index < -0.39 is 0 Å². The molecule has 0 bridgehead atoms. The maximum atomic E-state index is 12.4. The summed E-state index contributed by atoms with van der Waals surface area (Å²) in [5.41, 5.74) is 2.81. The van der Waals surface area contributed by atoms with E-state index in [0.717, 1.165) is 43.1 Å². The number of carbonyl (C=O) groups excluding carboxylic acids is 1. The van der Waals surface area contributed by atoms with Crippen molar-refractivity contribution in [2.24, 2.45) is 0 Å². The summed E-state index contributed by atoms with van der Waals surface area (Å²) >= 11 is 0.